The number of aliphatic hydroxyl groups excluding tert-OH is 1. The molecule has 0 bridgehead atoms. The Kier molecular flexibility index (Phi) is 2.47. The van der Waals surface area contributed by atoms with Gasteiger partial charge in [0, 0.05) is 6.54 Å². The summed E-state index contributed by atoms with van der Waals surface area (Å²) in [5, 5.41) is 8.31. The van der Waals surface area contributed by atoms with Crippen molar-refractivity contribution >= 4 is 0 Å². The van der Waals surface area contributed by atoms with Crippen LogP contribution in [0.1, 0.15) is 0 Å². The van der Waals surface area contributed by atoms with Crippen molar-refractivity contribution in [2.45, 2.75) is 6.10 Å². The fraction of sp³-hybridized carbons (Fsp3) is 0.500. The largest absolute Gasteiger partial charge is 0.379 e. The van der Waals surface area contributed by atoms with E-state index in [1.54, 1.807) is 0 Å². The monoisotopic (exact) mass is 85.1 g/mol. The number of hydrogen-bond acceptors (Lipinski definition) is 2. The van der Waals surface area contributed by atoms with Crippen molar-refractivity contribution in [1.82, 2.24) is 0 Å². The topological polar surface area (TPSA) is 46.2 Å². The molecule has 2 nitrogen and oxygen atoms in total. The maximum absolute atomic E-state index is 8.31. The first-order valence-corrected chi connectivity index (χ1v) is 1.65. The Morgan fingerprint density at radius 3 is 2.50 bits per heavy atom. The summed E-state index contributed by atoms with van der Waals surface area (Å²) in [5.41, 5.74) is 4.89. The zero-order valence-corrected chi connectivity index (χ0v) is 3.39. The summed E-state index contributed by atoms with van der Waals surface area (Å²) in [6, 6.07) is 0. The summed E-state index contributed by atoms with van der Waals surface area (Å²) >= 11 is 0. The third-order valence-corrected chi connectivity index (χ3v) is 0.416. The molecule has 0 saturated carbocycles. The van der Waals surface area contributed by atoms with E-state index in [0.717, 1.165) is 0 Å². The van der Waals surface area contributed by atoms with Gasteiger partial charge in [0.1, 0.15) is 6.10 Å². The van der Waals surface area contributed by atoms with E-state index in [1.165, 1.54) is 0 Å². The van der Waals surface area contributed by atoms with Crippen LogP contribution in [0.5, 0.6) is 0 Å². The highest BCUT2D eigenvalue weighted by molar-refractivity contribution is 4.93. The van der Waals surface area contributed by atoms with E-state index in [0.29, 0.717) is 0 Å². The molecule has 3 N–H and O–H groups in total. The van der Waals surface area contributed by atoms with Crippen molar-refractivity contribution in [3.05, 3.63) is 0 Å². The van der Waals surface area contributed by atoms with Crippen LogP contribution in [0.15, 0.2) is 0 Å². The van der Waals surface area contributed by atoms with Gasteiger partial charge in [-0.2, -0.15) is 0 Å². The molecule has 2 heteroatoms. The van der Waals surface area contributed by atoms with Crippen LogP contribution in [0.2, 0.25) is 0 Å². The Morgan fingerprint density at radius 1 is 2.00 bits per heavy atom. The highest BCUT2D eigenvalue weighted by Gasteiger charge is 1.87. The van der Waals surface area contributed by atoms with Gasteiger partial charge >= 0.3 is 0 Å². The fourth-order valence-electron chi connectivity index (χ4n) is 0.0680. The van der Waals surface area contributed by atoms with Gasteiger partial charge in [-0.3, -0.25) is 0 Å². The third kappa shape index (κ3) is 1.77. The third-order valence-electron chi connectivity index (χ3n) is 0.416. The van der Waals surface area contributed by atoms with Crippen molar-refractivity contribution in [2.75, 3.05) is 6.54 Å². The number of aliphatic hydroxyl groups is 1. The summed E-state index contributed by atoms with van der Waals surface area (Å²) < 4.78 is 0. The summed E-state index contributed by atoms with van der Waals surface area (Å²) in [5.74, 6) is 2.05. The van der Waals surface area contributed by atoms with Gasteiger partial charge in [0.2, 0.25) is 0 Å². The lowest BCUT2D eigenvalue weighted by molar-refractivity contribution is 0.241. The van der Waals surface area contributed by atoms with Gasteiger partial charge in [0.15, 0.2) is 0 Å². The van der Waals surface area contributed by atoms with Crippen molar-refractivity contribution in [3.63, 3.8) is 0 Å². The lowest BCUT2D eigenvalue weighted by Crippen LogP contribution is -2.16. The van der Waals surface area contributed by atoms with Crippen LogP contribution < -0.4 is 5.73 Å². The van der Waals surface area contributed by atoms with Crippen molar-refractivity contribution < 1.29 is 5.11 Å². The van der Waals surface area contributed by atoms with Gasteiger partial charge in [-0.05, 0) is 0 Å². The van der Waals surface area contributed by atoms with Gasteiger partial charge in [-0.1, -0.05) is 5.92 Å². The smallest absolute Gasteiger partial charge is 0.126 e. The fourth-order valence-corrected chi connectivity index (χ4v) is 0.0680. The highest BCUT2D eigenvalue weighted by Crippen LogP contribution is 1.66. The van der Waals surface area contributed by atoms with Crippen LogP contribution in [-0.2, 0) is 0 Å². The number of hydrogen-bond donors (Lipinski definition) is 2. The van der Waals surface area contributed by atoms with Gasteiger partial charge < -0.3 is 10.8 Å². The van der Waals surface area contributed by atoms with Crippen LogP contribution in [0, 0.1) is 12.3 Å². The Bertz CT molecular complexity index is 64.4. The Balaban J connectivity index is 3.04. The van der Waals surface area contributed by atoms with E-state index >= 15 is 0 Å². The molecule has 0 aliphatic carbocycles. The molecule has 0 unspecified atom stereocenters. The first-order valence-electron chi connectivity index (χ1n) is 1.65. The second-order valence-electron chi connectivity index (χ2n) is 0.918. The molecule has 0 aromatic rings. The summed E-state index contributed by atoms with van der Waals surface area (Å²) in [6.07, 6.45) is 3.94. The molecule has 0 rings (SSSR count). The lowest BCUT2D eigenvalue weighted by Gasteiger charge is -1.90. The molecule has 0 aromatic carbocycles. The van der Waals surface area contributed by atoms with Crippen molar-refractivity contribution in [1.29, 1.82) is 0 Å². The Hall–Kier alpha value is -0.520. The molecule has 0 aliphatic rings. The first kappa shape index (κ1) is 5.48. The standard InChI is InChI=1S/C4H7NO/c1-2-4(6)3-5/h1,4,6H,3,5H2/t4-/m1/s1. The van der Waals surface area contributed by atoms with E-state index in [-0.39, 0.29) is 6.54 Å². The van der Waals surface area contributed by atoms with Crippen molar-refractivity contribution in [2.24, 2.45) is 5.73 Å². The number of terminal acetylenes is 1. The number of rotatable bonds is 1. The number of nitrogens with two attached hydrogens (primary N) is 1. The lowest BCUT2D eigenvalue weighted by atomic mass is 10.4. The second kappa shape index (κ2) is 2.70. The average Bonchev–Trinajstić information content (AvgIpc) is 1.65. The van der Waals surface area contributed by atoms with Crippen LogP contribution >= 0.6 is 0 Å². The first-order chi connectivity index (χ1) is 2.81. The van der Waals surface area contributed by atoms with E-state index in [4.69, 9.17) is 17.3 Å². The maximum atomic E-state index is 8.31. The molecule has 34 valence electrons. The van der Waals surface area contributed by atoms with Gasteiger partial charge in [-0.25, -0.2) is 0 Å². The van der Waals surface area contributed by atoms with E-state index in [1.807, 2.05) is 5.92 Å². The normalized spacial score (nSPS) is 12.8. The van der Waals surface area contributed by atoms with E-state index in [2.05, 4.69) is 0 Å². The molecule has 6 heavy (non-hydrogen) atoms. The molecular weight excluding hydrogens is 78.1 g/mol. The van der Waals surface area contributed by atoms with Crippen LogP contribution in [0.25, 0.3) is 0 Å². The Morgan fingerprint density at radius 2 is 2.50 bits per heavy atom. The minimum absolute atomic E-state index is 0.149. The quantitative estimate of drug-likeness (QED) is 0.399. The summed E-state index contributed by atoms with van der Waals surface area (Å²) in [4.78, 5) is 0. The van der Waals surface area contributed by atoms with E-state index < -0.39 is 6.10 Å². The predicted molar refractivity (Wildman–Crippen MR) is 23.9 cm³/mol. The summed E-state index contributed by atoms with van der Waals surface area (Å²) in [6.45, 7) is 0.149. The van der Waals surface area contributed by atoms with Crippen LogP contribution in [0.3, 0.4) is 0 Å². The molecule has 0 heterocycles. The maximum Gasteiger partial charge on any atom is 0.126 e. The minimum atomic E-state index is -0.759. The SMILES string of the molecule is C#C[C@@H](O)CN. The molecule has 0 aromatic heterocycles. The van der Waals surface area contributed by atoms with Gasteiger partial charge in [-0.15, -0.1) is 6.42 Å². The molecule has 1 atom stereocenters. The highest BCUT2D eigenvalue weighted by atomic mass is 16.3. The Labute approximate surface area is 37.0 Å². The summed E-state index contributed by atoms with van der Waals surface area (Å²) in [7, 11) is 0. The van der Waals surface area contributed by atoms with Crippen LogP contribution in [0.4, 0.5) is 0 Å². The predicted octanol–water partition coefficient (Wildman–Crippen LogP) is -1.06. The molecule has 0 aliphatic heterocycles. The zero-order valence-electron chi connectivity index (χ0n) is 3.39. The van der Waals surface area contributed by atoms with E-state index in [9.17, 15) is 0 Å². The zero-order chi connectivity index (χ0) is 4.99. The molecular formula is C4H7NO. The van der Waals surface area contributed by atoms with Gasteiger partial charge in [0.05, 0.1) is 0 Å². The molecule has 0 radical (unpaired) electrons. The molecule has 0 saturated heterocycles. The minimum Gasteiger partial charge on any atom is -0.379 e. The van der Waals surface area contributed by atoms with Gasteiger partial charge in [0.25, 0.3) is 0 Å². The van der Waals surface area contributed by atoms with Crippen molar-refractivity contribution in [3.8, 4) is 12.3 Å². The van der Waals surface area contributed by atoms with Crippen LogP contribution in [-0.4, -0.2) is 17.8 Å². The molecule has 0 fully saturated rings. The molecule has 0 amide bonds. The molecule has 0 spiro atoms. The second-order valence-corrected chi connectivity index (χ2v) is 0.918. The average molecular weight is 85.1 g/mol.